The highest BCUT2D eigenvalue weighted by atomic mass is 31.1. The summed E-state index contributed by atoms with van der Waals surface area (Å²) in [5.74, 6) is 0. The molecule has 20 heavy (non-hydrogen) atoms. The standard InChI is InChI=1S/C15H15N3P2/c19-18-9-10-5-1-2-6-11(10)15-14(16-17-20-15)12-7-3-4-8-13(12)18/h1-8,16-17,20H,9,19H2. The van der Waals surface area contributed by atoms with Crippen molar-refractivity contribution in [3.63, 3.8) is 0 Å². The van der Waals surface area contributed by atoms with Gasteiger partial charge in [0.25, 0.3) is 0 Å². The van der Waals surface area contributed by atoms with Crippen LogP contribution >= 0.6 is 18.1 Å². The highest BCUT2D eigenvalue weighted by molar-refractivity contribution is 7.49. The van der Waals surface area contributed by atoms with Gasteiger partial charge in [0.1, 0.15) is 0 Å². The lowest BCUT2D eigenvalue weighted by Crippen LogP contribution is -2.20. The summed E-state index contributed by atoms with van der Waals surface area (Å²) in [6, 6.07) is 17.2. The normalized spacial score (nSPS) is 17.9. The molecule has 4 rings (SSSR count). The van der Waals surface area contributed by atoms with Gasteiger partial charge >= 0.3 is 0 Å². The molecule has 0 saturated carbocycles. The highest BCUT2D eigenvalue weighted by Gasteiger charge is 2.24. The van der Waals surface area contributed by atoms with Gasteiger partial charge in [-0.05, 0) is 26.6 Å². The number of hydrazine groups is 1. The largest absolute Gasteiger partial charge is 0.351 e. The SMILES string of the molecule is PN1Cc2ccccc2C2=C(NNP2)c2ccccc21. The lowest BCUT2D eigenvalue weighted by atomic mass is 10.00. The minimum Gasteiger partial charge on any atom is -0.351 e. The molecule has 2 atom stereocenters. The van der Waals surface area contributed by atoms with E-state index in [9.17, 15) is 0 Å². The van der Waals surface area contributed by atoms with Crippen LogP contribution in [0.1, 0.15) is 16.7 Å². The smallest absolute Gasteiger partial charge is 0.0677 e. The number of benzene rings is 2. The van der Waals surface area contributed by atoms with Crippen molar-refractivity contribution in [3.05, 3.63) is 65.2 Å². The van der Waals surface area contributed by atoms with Crippen molar-refractivity contribution in [2.24, 2.45) is 0 Å². The third kappa shape index (κ3) is 1.86. The van der Waals surface area contributed by atoms with E-state index in [4.69, 9.17) is 0 Å². The average molecular weight is 299 g/mol. The molecule has 100 valence electrons. The van der Waals surface area contributed by atoms with Crippen LogP contribution in [0.5, 0.6) is 0 Å². The van der Waals surface area contributed by atoms with E-state index in [-0.39, 0.29) is 0 Å². The minimum absolute atomic E-state index is 0.595. The Kier molecular flexibility index (Phi) is 3.00. The minimum atomic E-state index is 0.595. The van der Waals surface area contributed by atoms with Gasteiger partial charge in [0.05, 0.1) is 5.70 Å². The van der Waals surface area contributed by atoms with Crippen LogP contribution in [0.2, 0.25) is 0 Å². The van der Waals surface area contributed by atoms with Gasteiger partial charge in [-0.15, -0.1) is 0 Å². The molecule has 0 saturated heterocycles. The molecule has 2 N–H and O–H groups in total. The van der Waals surface area contributed by atoms with E-state index in [0.29, 0.717) is 8.73 Å². The Morgan fingerprint density at radius 1 is 1.00 bits per heavy atom. The van der Waals surface area contributed by atoms with Gasteiger partial charge in [0.15, 0.2) is 0 Å². The van der Waals surface area contributed by atoms with Crippen LogP contribution in [0.4, 0.5) is 5.69 Å². The summed E-state index contributed by atoms with van der Waals surface area (Å²) in [7, 11) is 3.44. The monoisotopic (exact) mass is 299 g/mol. The van der Waals surface area contributed by atoms with Gasteiger partial charge in [-0.25, -0.2) is 5.20 Å². The summed E-state index contributed by atoms with van der Waals surface area (Å²) in [4.78, 5) is 0. The molecule has 0 amide bonds. The molecule has 0 fully saturated rings. The Morgan fingerprint density at radius 3 is 2.65 bits per heavy atom. The summed E-state index contributed by atoms with van der Waals surface area (Å²) < 4.78 is 2.24. The topological polar surface area (TPSA) is 27.3 Å². The number of hydrogen-bond donors (Lipinski definition) is 2. The molecular formula is C15H15N3P2. The van der Waals surface area contributed by atoms with Crippen LogP contribution in [-0.4, -0.2) is 0 Å². The van der Waals surface area contributed by atoms with Crippen LogP contribution in [0, 0.1) is 0 Å². The Hall–Kier alpha value is -1.40. The van der Waals surface area contributed by atoms with E-state index in [1.54, 1.807) is 0 Å². The number of fused-ring (bicyclic) bond motifs is 4. The van der Waals surface area contributed by atoms with Gasteiger partial charge in [-0.2, -0.15) is 0 Å². The number of anilines is 1. The summed E-state index contributed by atoms with van der Waals surface area (Å²) in [5, 5.41) is 4.68. The van der Waals surface area contributed by atoms with Crippen molar-refractivity contribution in [1.82, 2.24) is 10.6 Å². The number of nitrogens with zero attached hydrogens (tertiary/aromatic N) is 1. The van der Waals surface area contributed by atoms with Crippen LogP contribution in [0.25, 0.3) is 11.0 Å². The molecule has 0 radical (unpaired) electrons. The third-order valence-corrected chi connectivity index (χ3v) is 5.22. The second-order valence-corrected chi connectivity index (χ2v) is 6.55. The summed E-state index contributed by atoms with van der Waals surface area (Å²) >= 11 is 0. The van der Waals surface area contributed by atoms with Crippen LogP contribution in [-0.2, 0) is 6.54 Å². The first-order chi connectivity index (χ1) is 9.84. The van der Waals surface area contributed by atoms with Gasteiger partial charge < -0.3 is 10.1 Å². The first kappa shape index (κ1) is 12.3. The molecular weight excluding hydrogens is 284 g/mol. The van der Waals surface area contributed by atoms with Gasteiger partial charge in [0.2, 0.25) is 0 Å². The second-order valence-electron chi connectivity index (χ2n) is 4.93. The molecule has 3 nitrogen and oxygen atoms in total. The zero-order valence-electron chi connectivity index (χ0n) is 10.9. The van der Waals surface area contributed by atoms with Gasteiger partial charge in [-0.1, -0.05) is 42.5 Å². The molecule has 0 aliphatic carbocycles. The fraction of sp³-hybridized carbons (Fsp3) is 0.0667. The molecule has 2 unspecified atom stereocenters. The molecule has 2 aromatic carbocycles. The molecule has 0 spiro atoms. The summed E-state index contributed by atoms with van der Waals surface area (Å²) in [5.41, 5.74) is 9.76. The summed E-state index contributed by atoms with van der Waals surface area (Å²) in [6.07, 6.45) is 0. The zero-order valence-corrected chi connectivity index (χ0v) is 13.0. The predicted molar refractivity (Wildman–Crippen MR) is 90.2 cm³/mol. The van der Waals surface area contributed by atoms with Gasteiger partial charge in [0, 0.05) is 31.8 Å². The average Bonchev–Trinajstić information content (AvgIpc) is 2.95. The van der Waals surface area contributed by atoms with Crippen molar-refractivity contribution >= 4 is 34.8 Å². The fourth-order valence-corrected chi connectivity index (χ4v) is 4.23. The fourth-order valence-electron chi connectivity index (χ4n) is 2.79. The maximum absolute atomic E-state index is 3.35. The number of rotatable bonds is 0. The first-order valence-corrected chi connectivity index (χ1v) is 8.07. The van der Waals surface area contributed by atoms with E-state index < -0.39 is 0 Å². The summed E-state index contributed by atoms with van der Waals surface area (Å²) in [6.45, 7) is 0.902. The molecule has 2 aliphatic heterocycles. The van der Waals surface area contributed by atoms with Crippen molar-refractivity contribution in [1.29, 1.82) is 0 Å². The third-order valence-electron chi connectivity index (χ3n) is 3.74. The molecule has 2 heterocycles. The maximum Gasteiger partial charge on any atom is 0.0677 e. The lowest BCUT2D eigenvalue weighted by Gasteiger charge is -2.26. The Morgan fingerprint density at radius 2 is 1.75 bits per heavy atom. The first-order valence-electron chi connectivity index (χ1n) is 6.56. The van der Waals surface area contributed by atoms with E-state index in [1.165, 1.54) is 33.4 Å². The van der Waals surface area contributed by atoms with E-state index in [0.717, 1.165) is 6.54 Å². The molecule has 5 heteroatoms. The van der Waals surface area contributed by atoms with Crippen LogP contribution in [0.3, 0.4) is 0 Å². The van der Waals surface area contributed by atoms with Gasteiger partial charge in [-0.3, -0.25) is 0 Å². The molecule has 0 bridgehead atoms. The van der Waals surface area contributed by atoms with E-state index >= 15 is 0 Å². The number of para-hydroxylation sites is 1. The maximum atomic E-state index is 3.35. The quantitative estimate of drug-likeness (QED) is 0.731. The molecule has 0 aromatic heterocycles. The number of nitrogens with one attached hydrogen (secondary N) is 2. The Balaban J connectivity index is 2.03. The van der Waals surface area contributed by atoms with Crippen molar-refractivity contribution in [2.75, 3.05) is 4.67 Å². The number of hydrogen-bond acceptors (Lipinski definition) is 3. The zero-order chi connectivity index (χ0) is 13.5. The van der Waals surface area contributed by atoms with Crippen molar-refractivity contribution < 1.29 is 0 Å². The van der Waals surface area contributed by atoms with Crippen LogP contribution < -0.4 is 15.3 Å². The Bertz CT molecular complexity index is 712. The lowest BCUT2D eigenvalue weighted by molar-refractivity contribution is 0.908. The highest BCUT2D eigenvalue weighted by Crippen LogP contribution is 2.46. The Labute approximate surface area is 122 Å². The van der Waals surface area contributed by atoms with Crippen LogP contribution in [0.15, 0.2) is 48.5 Å². The van der Waals surface area contributed by atoms with Crippen molar-refractivity contribution in [3.8, 4) is 0 Å². The van der Waals surface area contributed by atoms with E-state index in [1.807, 2.05) is 0 Å². The van der Waals surface area contributed by atoms with Crippen molar-refractivity contribution in [2.45, 2.75) is 6.54 Å². The van der Waals surface area contributed by atoms with E-state index in [2.05, 4.69) is 73.2 Å². The molecule has 2 aromatic rings. The molecule has 2 aliphatic rings. The second kappa shape index (κ2) is 4.86. The predicted octanol–water partition coefficient (Wildman–Crippen LogP) is 3.32.